The van der Waals surface area contributed by atoms with Gasteiger partial charge in [-0.3, -0.25) is 4.79 Å². The summed E-state index contributed by atoms with van der Waals surface area (Å²) in [7, 11) is 1.76. The number of nitrogens with one attached hydrogen (secondary N) is 1. The molecule has 112 valence electrons. The van der Waals surface area contributed by atoms with Crippen LogP contribution in [-0.2, 0) is 11.8 Å². The SMILES string of the molecule is Cn1nnnc1SCCCC(=O)Nc1ccc(F)c(N)c1. The minimum Gasteiger partial charge on any atom is -0.396 e. The molecule has 3 N–H and O–H groups in total. The Morgan fingerprint density at radius 3 is 3.00 bits per heavy atom. The molecule has 0 aliphatic rings. The van der Waals surface area contributed by atoms with E-state index in [4.69, 9.17) is 5.73 Å². The Hall–Kier alpha value is -2.16. The molecule has 1 aromatic heterocycles. The molecule has 0 saturated carbocycles. The summed E-state index contributed by atoms with van der Waals surface area (Å²) in [6.07, 6.45) is 1.04. The number of hydrogen-bond acceptors (Lipinski definition) is 6. The summed E-state index contributed by atoms with van der Waals surface area (Å²) < 4.78 is 14.6. The van der Waals surface area contributed by atoms with Crippen molar-refractivity contribution in [3.8, 4) is 0 Å². The minimum atomic E-state index is -0.498. The van der Waals surface area contributed by atoms with E-state index in [0.717, 1.165) is 5.75 Å². The van der Waals surface area contributed by atoms with E-state index in [1.807, 2.05) is 0 Å². The van der Waals surface area contributed by atoms with Crippen molar-refractivity contribution in [1.82, 2.24) is 20.2 Å². The number of rotatable bonds is 6. The van der Waals surface area contributed by atoms with E-state index in [9.17, 15) is 9.18 Å². The summed E-state index contributed by atoms with van der Waals surface area (Å²) in [5.41, 5.74) is 5.94. The number of aryl methyl sites for hydroxylation is 1. The second-order valence-electron chi connectivity index (χ2n) is 4.32. The van der Waals surface area contributed by atoms with Gasteiger partial charge in [-0.2, -0.15) is 0 Å². The first-order valence-corrected chi connectivity index (χ1v) is 7.25. The van der Waals surface area contributed by atoms with Gasteiger partial charge in [-0.25, -0.2) is 9.07 Å². The van der Waals surface area contributed by atoms with Gasteiger partial charge in [0, 0.05) is 24.9 Å². The number of halogens is 1. The van der Waals surface area contributed by atoms with Gasteiger partial charge >= 0.3 is 0 Å². The second-order valence-corrected chi connectivity index (χ2v) is 5.38. The third-order valence-corrected chi connectivity index (χ3v) is 3.74. The van der Waals surface area contributed by atoms with E-state index in [1.54, 1.807) is 11.7 Å². The highest BCUT2D eigenvalue weighted by molar-refractivity contribution is 7.99. The fourth-order valence-corrected chi connectivity index (χ4v) is 2.37. The van der Waals surface area contributed by atoms with Crippen molar-refractivity contribution in [2.45, 2.75) is 18.0 Å². The maximum absolute atomic E-state index is 13.0. The number of anilines is 2. The van der Waals surface area contributed by atoms with Gasteiger partial charge in [-0.1, -0.05) is 11.8 Å². The van der Waals surface area contributed by atoms with Crippen LogP contribution in [0, 0.1) is 5.82 Å². The number of amides is 1. The molecule has 1 aromatic carbocycles. The highest BCUT2D eigenvalue weighted by Crippen LogP contribution is 2.17. The smallest absolute Gasteiger partial charge is 0.224 e. The molecule has 1 amide bonds. The molecule has 0 aliphatic carbocycles. The molecule has 0 spiro atoms. The van der Waals surface area contributed by atoms with Crippen molar-refractivity contribution >= 4 is 29.0 Å². The zero-order valence-corrected chi connectivity index (χ0v) is 12.2. The predicted octanol–water partition coefficient (Wildman–Crippen LogP) is 1.44. The van der Waals surface area contributed by atoms with Gasteiger partial charge < -0.3 is 11.1 Å². The van der Waals surface area contributed by atoms with E-state index in [1.165, 1.54) is 30.0 Å². The molecule has 2 aromatic rings. The van der Waals surface area contributed by atoms with E-state index in [2.05, 4.69) is 20.8 Å². The molecule has 1 heterocycles. The lowest BCUT2D eigenvalue weighted by Crippen LogP contribution is -2.12. The topological polar surface area (TPSA) is 98.7 Å². The lowest BCUT2D eigenvalue weighted by molar-refractivity contribution is -0.116. The Morgan fingerprint density at radius 1 is 1.52 bits per heavy atom. The molecular formula is C12H15FN6OS. The summed E-state index contributed by atoms with van der Waals surface area (Å²) >= 11 is 1.48. The lowest BCUT2D eigenvalue weighted by Gasteiger charge is -2.06. The van der Waals surface area contributed by atoms with E-state index < -0.39 is 5.82 Å². The molecule has 7 nitrogen and oxygen atoms in total. The maximum Gasteiger partial charge on any atom is 0.224 e. The van der Waals surface area contributed by atoms with E-state index >= 15 is 0 Å². The highest BCUT2D eigenvalue weighted by Gasteiger charge is 2.06. The Balaban J connectivity index is 1.72. The van der Waals surface area contributed by atoms with Crippen LogP contribution in [0.15, 0.2) is 23.4 Å². The summed E-state index contributed by atoms with van der Waals surface area (Å²) in [5.74, 6) is 0.0899. The third kappa shape index (κ3) is 4.42. The molecule has 0 radical (unpaired) electrons. The lowest BCUT2D eigenvalue weighted by atomic mass is 10.2. The fourth-order valence-electron chi connectivity index (χ4n) is 1.58. The fraction of sp³-hybridized carbons (Fsp3) is 0.333. The molecule has 0 fully saturated rings. The number of tetrazole rings is 1. The van der Waals surface area contributed by atoms with Gasteiger partial charge in [0.1, 0.15) is 5.82 Å². The number of benzene rings is 1. The van der Waals surface area contributed by atoms with Gasteiger partial charge in [-0.05, 0) is 35.0 Å². The Morgan fingerprint density at radius 2 is 2.33 bits per heavy atom. The summed E-state index contributed by atoms with van der Waals surface area (Å²) in [5, 5.41) is 14.5. The average Bonchev–Trinajstić information content (AvgIpc) is 2.85. The second kappa shape index (κ2) is 7.02. The molecule has 0 atom stereocenters. The summed E-state index contributed by atoms with van der Waals surface area (Å²) in [4.78, 5) is 11.7. The molecule has 21 heavy (non-hydrogen) atoms. The molecule has 0 saturated heterocycles. The summed E-state index contributed by atoms with van der Waals surface area (Å²) in [6.45, 7) is 0. The standard InChI is InChI=1S/C12H15FN6OS/c1-19-12(16-17-18-19)21-6-2-3-11(20)15-8-4-5-9(13)10(14)7-8/h4-5,7H,2-3,6,14H2,1H3,(H,15,20). The minimum absolute atomic E-state index is 0.0122. The molecular weight excluding hydrogens is 295 g/mol. The van der Waals surface area contributed by atoms with Gasteiger partial charge in [0.2, 0.25) is 11.1 Å². The van der Waals surface area contributed by atoms with E-state index in [0.29, 0.717) is 23.7 Å². The van der Waals surface area contributed by atoms with Crippen molar-refractivity contribution in [3.63, 3.8) is 0 Å². The van der Waals surface area contributed by atoms with Crippen LogP contribution < -0.4 is 11.1 Å². The molecule has 0 bridgehead atoms. The Bertz CT molecular complexity index is 632. The number of nitrogen functional groups attached to an aromatic ring is 1. The van der Waals surface area contributed by atoms with Crippen molar-refractivity contribution in [2.24, 2.45) is 7.05 Å². The van der Waals surface area contributed by atoms with Crippen molar-refractivity contribution in [2.75, 3.05) is 16.8 Å². The van der Waals surface area contributed by atoms with Crippen molar-refractivity contribution in [1.29, 1.82) is 0 Å². The number of hydrogen-bond donors (Lipinski definition) is 2. The van der Waals surface area contributed by atoms with Crippen LogP contribution in [-0.4, -0.2) is 31.9 Å². The molecule has 0 aliphatic heterocycles. The monoisotopic (exact) mass is 310 g/mol. The van der Waals surface area contributed by atoms with Gasteiger partial charge in [0.15, 0.2) is 0 Å². The van der Waals surface area contributed by atoms with Crippen LogP contribution >= 0.6 is 11.8 Å². The van der Waals surface area contributed by atoms with Crippen LogP contribution in [0.2, 0.25) is 0 Å². The first kappa shape index (κ1) is 15.2. The van der Waals surface area contributed by atoms with E-state index in [-0.39, 0.29) is 11.6 Å². The summed E-state index contributed by atoms with van der Waals surface area (Å²) in [6, 6.07) is 4.10. The number of carbonyl (C=O) groups excluding carboxylic acids is 1. The number of carbonyl (C=O) groups is 1. The normalized spacial score (nSPS) is 10.6. The van der Waals surface area contributed by atoms with Crippen LogP contribution in [0.5, 0.6) is 0 Å². The van der Waals surface area contributed by atoms with Gasteiger partial charge in [0.05, 0.1) is 5.69 Å². The molecule has 2 rings (SSSR count). The predicted molar refractivity (Wildman–Crippen MR) is 78.2 cm³/mol. The maximum atomic E-state index is 13.0. The number of thioether (sulfide) groups is 1. The zero-order valence-electron chi connectivity index (χ0n) is 11.4. The molecule has 0 unspecified atom stereocenters. The van der Waals surface area contributed by atoms with Crippen molar-refractivity contribution < 1.29 is 9.18 Å². The molecule has 9 heteroatoms. The van der Waals surface area contributed by atoms with Gasteiger partial charge in [-0.15, -0.1) is 5.10 Å². The van der Waals surface area contributed by atoms with Crippen LogP contribution in [0.4, 0.5) is 15.8 Å². The largest absolute Gasteiger partial charge is 0.396 e. The van der Waals surface area contributed by atoms with Crippen LogP contribution in [0.3, 0.4) is 0 Å². The Labute approximate surface area is 125 Å². The first-order chi connectivity index (χ1) is 10.1. The zero-order chi connectivity index (χ0) is 15.2. The quantitative estimate of drug-likeness (QED) is 0.476. The van der Waals surface area contributed by atoms with Crippen LogP contribution in [0.25, 0.3) is 0 Å². The highest BCUT2D eigenvalue weighted by atomic mass is 32.2. The number of aromatic nitrogens is 4. The van der Waals surface area contributed by atoms with Crippen molar-refractivity contribution in [3.05, 3.63) is 24.0 Å². The third-order valence-electron chi connectivity index (χ3n) is 2.64. The Kier molecular flexibility index (Phi) is 5.09. The van der Waals surface area contributed by atoms with Gasteiger partial charge in [0.25, 0.3) is 0 Å². The number of nitrogens with zero attached hydrogens (tertiary/aromatic N) is 4. The average molecular weight is 310 g/mol. The number of nitrogens with two attached hydrogens (primary N) is 1. The van der Waals surface area contributed by atoms with Crippen LogP contribution in [0.1, 0.15) is 12.8 Å². The first-order valence-electron chi connectivity index (χ1n) is 6.26.